The molecular weight excluding hydrogens is 322 g/mol. The molecule has 1 heterocycles. The fraction of sp³-hybridized carbons (Fsp3) is 0.150. The zero-order valence-corrected chi connectivity index (χ0v) is 14.1. The number of rotatable bonds is 5. The third-order valence-electron chi connectivity index (χ3n) is 3.81. The van der Waals surface area contributed by atoms with Gasteiger partial charge in [-0.05, 0) is 55.0 Å². The fourth-order valence-corrected chi connectivity index (χ4v) is 2.57. The van der Waals surface area contributed by atoms with Gasteiger partial charge in [0.05, 0.1) is 0 Å². The number of hydrogen-bond donors (Lipinski definition) is 1. The molecule has 0 saturated heterocycles. The van der Waals surface area contributed by atoms with Gasteiger partial charge in [0.15, 0.2) is 0 Å². The number of nitrogens with one attached hydrogen (secondary N) is 1. The van der Waals surface area contributed by atoms with Crippen molar-refractivity contribution in [3.8, 4) is 11.3 Å². The smallest absolute Gasteiger partial charge is 0.224 e. The maximum atomic E-state index is 12.1. The van der Waals surface area contributed by atoms with E-state index >= 15 is 0 Å². The molecule has 0 aliphatic heterocycles. The van der Waals surface area contributed by atoms with Crippen molar-refractivity contribution >= 4 is 23.2 Å². The second-order valence-electron chi connectivity index (χ2n) is 5.64. The van der Waals surface area contributed by atoms with Crippen molar-refractivity contribution in [3.05, 3.63) is 77.0 Å². The van der Waals surface area contributed by atoms with E-state index in [4.69, 9.17) is 16.0 Å². The van der Waals surface area contributed by atoms with Crippen molar-refractivity contribution in [2.24, 2.45) is 0 Å². The Labute approximate surface area is 146 Å². The van der Waals surface area contributed by atoms with Crippen LogP contribution in [0.2, 0.25) is 5.02 Å². The highest BCUT2D eigenvalue weighted by molar-refractivity contribution is 6.30. The second-order valence-corrected chi connectivity index (χ2v) is 6.07. The molecule has 0 aliphatic carbocycles. The van der Waals surface area contributed by atoms with Crippen LogP contribution in [0.1, 0.15) is 17.7 Å². The van der Waals surface area contributed by atoms with Gasteiger partial charge in [0, 0.05) is 29.1 Å². The molecule has 0 spiro atoms. The highest BCUT2D eigenvalue weighted by Crippen LogP contribution is 2.24. The molecule has 122 valence electrons. The summed E-state index contributed by atoms with van der Waals surface area (Å²) in [5, 5.41) is 3.62. The first-order valence-corrected chi connectivity index (χ1v) is 8.20. The SMILES string of the molecule is Cc1ccccc1NC(=O)CCc1ccc(-c2ccc(Cl)cc2)o1. The van der Waals surface area contributed by atoms with Crippen molar-refractivity contribution in [3.63, 3.8) is 0 Å². The molecule has 1 N–H and O–H groups in total. The van der Waals surface area contributed by atoms with Gasteiger partial charge >= 0.3 is 0 Å². The van der Waals surface area contributed by atoms with E-state index in [1.165, 1.54) is 0 Å². The molecular formula is C20H18ClNO2. The number of para-hydroxylation sites is 1. The van der Waals surface area contributed by atoms with E-state index in [1.54, 1.807) is 0 Å². The summed E-state index contributed by atoms with van der Waals surface area (Å²) >= 11 is 5.89. The average Bonchev–Trinajstić information content (AvgIpc) is 3.05. The van der Waals surface area contributed by atoms with Crippen LogP contribution in [-0.4, -0.2) is 5.91 Å². The molecule has 0 saturated carbocycles. The lowest BCUT2D eigenvalue weighted by Gasteiger charge is -2.07. The number of aryl methyl sites for hydroxylation is 2. The van der Waals surface area contributed by atoms with Crippen LogP contribution in [-0.2, 0) is 11.2 Å². The lowest BCUT2D eigenvalue weighted by molar-refractivity contribution is -0.116. The van der Waals surface area contributed by atoms with E-state index in [-0.39, 0.29) is 5.91 Å². The Morgan fingerprint density at radius 1 is 1.04 bits per heavy atom. The first-order valence-electron chi connectivity index (χ1n) is 7.82. The number of hydrogen-bond acceptors (Lipinski definition) is 2. The molecule has 3 nitrogen and oxygen atoms in total. The van der Waals surface area contributed by atoms with Gasteiger partial charge in [0.1, 0.15) is 11.5 Å². The lowest BCUT2D eigenvalue weighted by atomic mass is 10.2. The largest absolute Gasteiger partial charge is 0.461 e. The number of furan rings is 1. The number of halogens is 1. The van der Waals surface area contributed by atoms with E-state index in [0.717, 1.165) is 28.3 Å². The van der Waals surface area contributed by atoms with Crippen molar-refractivity contribution in [1.29, 1.82) is 0 Å². The summed E-state index contributed by atoms with van der Waals surface area (Å²) in [5.74, 6) is 1.55. The summed E-state index contributed by atoms with van der Waals surface area (Å²) in [7, 11) is 0. The van der Waals surface area contributed by atoms with Crippen molar-refractivity contribution in [2.45, 2.75) is 19.8 Å². The second kappa shape index (κ2) is 7.37. The standard InChI is InChI=1S/C20H18ClNO2/c1-14-4-2-3-5-18(14)22-20(23)13-11-17-10-12-19(24-17)15-6-8-16(21)9-7-15/h2-10,12H,11,13H2,1H3,(H,22,23). The fourth-order valence-electron chi connectivity index (χ4n) is 2.44. The Kier molecular flexibility index (Phi) is 5.02. The van der Waals surface area contributed by atoms with Gasteiger partial charge in [-0.15, -0.1) is 0 Å². The van der Waals surface area contributed by atoms with E-state index in [1.807, 2.05) is 67.6 Å². The molecule has 0 bridgehead atoms. The first kappa shape index (κ1) is 16.3. The Morgan fingerprint density at radius 2 is 1.79 bits per heavy atom. The predicted molar refractivity (Wildman–Crippen MR) is 97.3 cm³/mol. The van der Waals surface area contributed by atoms with Gasteiger partial charge in [-0.25, -0.2) is 0 Å². The van der Waals surface area contributed by atoms with Crippen LogP contribution >= 0.6 is 11.6 Å². The number of benzene rings is 2. The molecule has 24 heavy (non-hydrogen) atoms. The number of amides is 1. The Balaban J connectivity index is 1.58. The van der Waals surface area contributed by atoms with Crippen LogP contribution in [0.4, 0.5) is 5.69 Å². The van der Waals surface area contributed by atoms with Gasteiger partial charge in [0.25, 0.3) is 0 Å². The van der Waals surface area contributed by atoms with E-state index in [2.05, 4.69) is 5.32 Å². The molecule has 3 aromatic rings. The summed E-state index contributed by atoms with van der Waals surface area (Å²) in [5.41, 5.74) is 2.87. The van der Waals surface area contributed by atoms with Crippen LogP contribution in [0, 0.1) is 6.92 Å². The van der Waals surface area contributed by atoms with Crippen LogP contribution in [0.5, 0.6) is 0 Å². The minimum atomic E-state index is -0.0197. The summed E-state index contributed by atoms with van der Waals surface area (Å²) in [6.07, 6.45) is 0.938. The number of carbonyl (C=O) groups is 1. The molecule has 1 amide bonds. The molecule has 0 fully saturated rings. The summed E-state index contributed by atoms with van der Waals surface area (Å²) in [6, 6.07) is 19.0. The average molecular weight is 340 g/mol. The van der Waals surface area contributed by atoms with Gasteiger partial charge in [-0.1, -0.05) is 29.8 Å². The Hall–Kier alpha value is -2.52. The van der Waals surface area contributed by atoms with Crippen LogP contribution in [0.25, 0.3) is 11.3 Å². The molecule has 0 atom stereocenters. The maximum Gasteiger partial charge on any atom is 0.224 e. The maximum absolute atomic E-state index is 12.1. The summed E-state index contributed by atoms with van der Waals surface area (Å²) in [4.78, 5) is 12.1. The first-order chi connectivity index (χ1) is 11.6. The van der Waals surface area contributed by atoms with Crippen molar-refractivity contribution < 1.29 is 9.21 Å². The molecule has 2 aromatic carbocycles. The van der Waals surface area contributed by atoms with E-state index < -0.39 is 0 Å². The van der Waals surface area contributed by atoms with E-state index in [9.17, 15) is 4.79 Å². The minimum Gasteiger partial charge on any atom is -0.461 e. The molecule has 0 radical (unpaired) electrons. The van der Waals surface area contributed by atoms with Crippen molar-refractivity contribution in [2.75, 3.05) is 5.32 Å². The van der Waals surface area contributed by atoms with Crippen LogP contribution < -0.4 is 5.32 Å². The quantitative estimate of drug-likeness (QED) is 0.668. The van der Waals surface area contributed by atoms with Gasteiger partial charge in [-0.2, -0.15) is 0 Å². The molecule has 0 aliphatic rings. The summed E-state index contributed by atoms with van der Waals surface area (Å²) < 4.78 is 5.81. The Morgan fingerprint density at radius 3 is 2.54 bits per heavy atom. The number of carbonyl (C=O) groups excluding carboxylic acids is 1. The van der Waals surface area contributed by atoms with Crippen LogP contribution in [0.3, 0.4) is 0 Å². The van der Waals surface area contributed by atoms with E-state index in [0.29, 0.717) is 17.9 Å². The third-order valence-corrected chi connectivity index (χ3v) is 4.06. The molecule has 3 rings (SSSR count). The number of anilines is 1. The minimum absolute atomic E-state index is 0.0197. The van der Waals surface area contributed by atoms with Gasteiger partial charge in [-0.3, -0.25) is 4.79 Å². The molecule has 1 aromatic heterocycles. The monoisotopic (exact) mass is 339 g/mol. The zero-order valence-electron chi connectivity index (χ0n) is 13.4. The Bertz CT molecular complexity index is 837. The highest BCUT2D eigenvalue weighted by atomic mass is 35.5. The summed E-state index contributed by atoms with van der Waals surface area (Å²) in [6.45, 7) is 1.97. The zero-order chi connectivity index (χ0) is 16.9. The normalized spacial score (nSPS) is 10.6. The van der Waals surface area contributed by atoms with Crippen molar-refractivity contribution in [1.82, 2.24) is 0 Å². The molecule has 4 heteroatoms. The molecule has 0 unspecified atom stereocenters. The predicted octanol–water partition coefficient (Wildman–Crippen LogP) is 5.48. The highest BCUT2D eigenvalue weighted by Gasteiger charge is 2.08. The van der Waals surface area contributed by atoms with Gasteiger partial charge in [0.2, 0.25) is 5.91 Å². The third kappa shape index (κ3) is 4.06. The topological polar surface area (TPSA) is 42.2 Å². The van der Waals surface area contributed by atoms with Gasteiger partial charge < -0.3 is 9.73 Å². The van der Waals surface area contributed by atoms with Crippen LogP contribution in [0.15, 0.2) is 65.1 Å². The lowest BCUT2D eigenvalue weighted by Crippen LogP contribution is -2.12.